The maximum atomic E-state index is 8.60. The molecule has 1 aliphatic heterocycles. The summed E-state index contributed by atoms with van der Waals surface area (Å²) in [7, 11) is -0.264. The van der Waals surface area contributed by atoms with E-state index in [1.807, 2.05) is 36.0 Å². The molecule has 0 saturated carbocycles. The Balaban J connectivity index is 2.02. The van der Waals surface area contributed by atoms with Gasteiger partial charge in [0.25, 0.3) is 0 Å². The molecular weight excluding hydrogens is 209 g/mol. The Morgan fingerprint density at radius 1 is 1.20 bits per heavy atom. The summed E-state index contributed by atoms with van der Waals surface area (Å²) in [4.78, 5) is 2.37. The topological polar surface area (TPSA) is 32.7 Å². The van der Waals surface area contributed by atoms with Crippen LogP contribution in [-0.4, -0.2) is 37.3 Å². The highest BCUT2D eigenvalue weighted by Crippen LogP contribution is 2.22. The molecule has 0 aromatic heterocycles. The first-order valence-corrected chi connectivity index (χ1v) is 6.22. The van der Waals surface area contributed by atoms with Gasteiger partial charge in [-0.25, -0.2) is 0 Å². The number of nitrogens with zero attached hydrogens (tertiary/aromatic N) is 1. The maximum absolute atomic E-state index is 8.60. The Morgan fingerprint density at radius 3 is 2.47 bits per heavy atom. The van der Waals surface area contributed by atoms with E-state index in [2.05, 4.69) is 4.90 Å². The molecule has 0 unspecified atom stereocenters. The van der Waals surface area contributed by atoms with E-state index in [1.54, 1.807) is 0 Å². The largest absolute Gasteiger partial charge is 0.539 e. The Kier molecular flexibility index (Phi) is 3.80. The van der Waals surface area contributed by atoms with Crippen LogP contribution in [0.1, 0.15) is 0 Å². The number of rotatable bonds is 3. The van der Waals surface area contributed by atoms with Gasteiger partial charge in [0.1, 0.15) is 5.75 Å². The zero-order valence-electron chi connectivity index (χ0n) is 8.56. The maximum Gasteiger partial charge on any atom is 0.504 e. The lowest BCUT2D eigenvalue weighted by Gasteiger charge is -2.28. The van der Waals surface area contributed by atoms with E-state index >= 15 is 0 Å². The zero-order valence-corrected chi connectivity index (χ0v) is 9.37. The molecule has 0 amide bonds. The van der Waals surface area contributed by atoms with E-state index in [0.29, 0.717) is 5.75 Å². The third-order valence-corrected chi connectivity index (χ3v) is 3.39. The molecule has 2 rings (SSSR count). The van der Waals surface area contributed by atoms with E-state index in [0.717, 1.165) is 13.1 Å². The smallest absolute Gasteiger partial charge is 0.504 e. The molecule has 1 heterocycles. The number of thioether (sulfide) groups is 1. The van der Waals surface area contributed by atoms with Crippen molar-refractivity contribution in [3.63, 3.8) is 0 Å². The average Bonchev–Trinajstić information content (AvgIpc) is 2.32. The van der Waals surface area contributed by atoms with Crippen molar-refractivity contribution in [3.8, 4) is 5.75 Å². The van der Waals surface area contributed by atoms with Crippen LogP contribution in [0.4, 0.5) is 5.69 Å². The lowest BCUT2D eigenvalue weighted by atomic mass is 10.2. The molecule has 1 N–H and O–H groups in total. The molecule has 15 heavy (non-hydrogen) atoms. The number of hydrogen-bond acceptors (Lipinski definition) is 4. The fourth-order valence-corrected chi connectivity index (χ4v) is 2.55. The average molecular weight is 223 g/mol. The lowest BCUT2D eigenvalue weighted by Crippen LogP contribution is -2.32. The van der Waals surface area contributed by atoms with Crippen molar-refractivity contribution < 1.29 is 9.68 Å². The first kappa shape index (κ1) is 10.7. The fourth-order valence-electron chi connectivity index (χ4n) is 1.65. The highest BCUT2D eigenvalue weighted by Gasteiger charge is 2.10. The molecular formula is C10H14BNO2S. The SMILES string of the molecule is OBOc1ccc(N2CCSCC2)cc1. The summed E-state index contributed by atoms with van der Waals surface area (Å²) in [5.74, 6) is 3.12. The van der Waals surface area contributed by atoms with Gasteiger partial charge in [0.15, 0.2) is 0 Å². The summed E-state index contributed by atoms with van der Waals surface area (Å²) in [6.07, 6.45) is 0. The quantitative estimate of drug-likeness (QED) is 0.771. The second-order valence-electron chi connectivity index (χ2n) is 3.37. The van der Waals surface area contributed by atoms with Crippen LogP contribution in [0.25, 0.3) is 0 Å². The van der Waals surface area contributed by atoms with Crippen LogP contribution in [0.5, 0.6) is 5.75 Å². The van der Waals surface area contributed by atoms with Crippen LogP contribution in [0.2, 0.25) is 0 Å². The van der Waals surface area contributed by atoms with E-state index in [9.17, 15) is 0 Å². The number of benzene rings is 1. The van der Waals surface area contributed by atoms with Crippen molar-refractivity contribution in [1.82, 2.24) is 0 Å². The Labute approximate surface area is 94.7 Å². The van der Waals surface area contributed by atoms with Gasteiger partial charge in [-0.1, -0.05) is 0 Å². The van der Waals surface area contributed by atoms with Gasteiger partial charge in [-0.2, -0.15) is 11.8 Å². The molecule has 0 bridgehead atoms. The summed E-state index contributed by atoms with van der Waals surface area (Å²) in [6, 6.07) is 7.88. The second kappa shape index (κ2) is 5.33. The molecule has 1 fully saturated rings. The summed E-state index contributed by atoms with van der Waals surface area (Å²) in [5.41, 5.74) is 1.24. The molecule has 0 spiro atoms. The van der Waals surface area contributed by atoms with Crippen molar-refractivity contribution in [2.45, 2.75) is 0 Å². The minimum absolute atomic E-state index is 0.264. The van der Waals surface area contributed by atoms with Gasteiger partial charge in [0.2, 0.25) is 0 Å². The van der Waals surface area contributed by atoms with Gasteiger partial charge in [-0.15, -0.1) is 0 Å². The first-order chi connectivity index (χ1) is 7.40. The molecule has 1 aromatic carbocycles. The highest BCUT2D eigenvalue weighted by atomic mass is 32.2. The van der Waals surface area contributed by atoms with Crippen LogP contribution in [0, 0.1) is 0 Å². The minimum atomic E-state index is -0.264. The standard InChI is InChI=1S/C10H14BNO2S/c13-11-14-10-3-1-9(2-4-10)12-5-7-15-8-6-12/h1-4,11,13H,5-8H2. The Bertz CT molecular complexity index is 301. The molecule has 3 nitrogen and oxygen atoms in total. The summed E-state index contributed by atoms with van der Waals surface area (Å²) in [5, 5.41) is 8.60. The van der Waals surface area contributed by atoms with Crippen LogP contribution >= 0.6 is 11.8 Å². The minimum Gasteiger partial charge on any atom is -0.539 e. The Hall–Kier alpha value is -0.805. The van der Waals surface area contributed by atoms with Gasteiger partial charge in [-0.3, -0.25) is 0 Å². The summed E-state index contributed by atoms with van der Waals surface area (Å²) in [6.45, 7) is 2.23. The van der Waals surface area contributed by atoms with Crippen molar-refractivity contribution in [2.75, 3.05) is 29.5 Å². The second-order valence-corrected chi connectivity index (χ2v) is 4.59. The molecule has 0 radical (unpaired) electrons. The molecule has 5 heteroatoms. The van der Waals surface area contributed by atoms with E-state index in [-0.39, 0.29) is 7.69 Å². The van der Waals surface area contributed by atoms with Crippen LogP contribution in [0.15, 0.2) is 24.3 Å². The lowest BCUT2D eigenvalue weighted by molar-refractivity contribution is 0.454. The van der Waals surface area contributed by atoms with Crippen molar-refractivity contribution >= 4 is 25.1 Å². The van der Waals surface area contributed by atoms with Crippen molar-refractivity contribution in [1.29, 1.82) is 0 Å². The predicted molar refractivity (Wildman–Crippen MR) is 66.0 cm³/mol. The zero-order chi connectivity index (χ0) is 10.5. The normalized spacial score (nSPS) is 16.2. The monoisotopic (exact) mass is 223 g/mol. The van der Waals surface area contributed by atoms with Gasteiger partial charge in [-0.05, 0) is 24.3 Å². The van der Waals surface area contributed by atoms with Crippen LogP contribution < -0.4 is 9.55 Å². The summed E-state index contributed by atoms with van der Waals surface area (Å²) >= 11 is 2.01. The Morgan fingerprint density at radius 2 is 1.87 bits per heavy atom. The van der Waals surface area contributed by atoms with Gasteiger partial charge < -0.3 is 14.6 Å². The van der Waals surface area contributed by atoms with Crippen molar-refractivity contribution in [2.24, 2.45) is 0 Å². The number of hydrogen-bond donors (Lipinski definition) is 1. The van der Waals surface area contributed by atoms with Crippen LogP contribution in [0.3, 0.4) is 0 Å². The fraction of sp³-hybridized carbons (Fsp3) is 0.400. The predicted octanol–water partition coefficient (Wildman–Crippen LogP) is 0.877. The molecule has 0 aliphatic carbocycles. The van der Waals surface area contributed by atoms with Crippen molar-refractivity contribution in [3.05, 3.63) is 24.3 Å². The van der Waals surface area contributed by atoms with Gasteiger partial charge in [0, 0.05) is 30.3 Å². The van der Waals surface area contributed by atoms with Gasteiger partial charge in [0.05, 0.1) is 0 Å². The van der Waals surface area contributed by atoms with Crippen LogP contribution in [-0.2, 0) is 0 Å². The highest BCUT2D eigenvalue weighted by molar-refractivity contribution is 7.99. The molecule has 1 aromatic rings. The van der Waals surface area contributed by atoms with E-state index in [4.69, 9.17) is 9.68 Å². The summed E-state index contributed by atoms with van der Waals surface area (Å²) < 4.78 is 4.98. The molecule has 1 aliphatic rings. The van der Waals surface area contributed by atoms with E-state index in [1.165, 1.54) is 17.2 Å². The number of anilines is 1. The molecule has 80 valence electrons. The van der Waals surface area contributed by atoms with Gasteiger partial charge >= 0.3 is 7.69 Å². The third kappa shape index (κ3) is 2.82. The molecule has 0 atom stereocenters. The third-order valence-electron chi connectivity index (χ3n) is 2.44. The van der Waals surface area contributed by atoms with E-state index < -0.39 is 0 Å². The molecule has 1 saturated heterocycles. The first-order valence-electron chi connectivity index (χ1n) is 5.06.